The van der Waals surface area contributed by atoms with Crippen molar-refractivity contribution in [2.24, 2.45) is 7.05 Å². The van der Waals surface area contributed by atoms with Gasteiger partial charge in [0.1, 0.15) is 29.2 Å². The fourth-order valence-corrected chi connectivity index (χ4v) is 3.81. The summed E-state index contributed by atoms with van der Waals surface area (Å²) in [6, 6.07) is 6.61. The van der Waals surface area contributed by atoms with Crippen LogP contribution >= 0.6 is 0 Å². The number of aromatic nitrogens is 6. The highest BCUT2D eigenvalue weighted by atomic mass is 19.1. The van der Waals surface area contributed by atoms with E-state index in [2.05, 4.69) is 32.8 Å². The molecular weight excluding hydrogens is 427 g/mol. The second-order valence-electron chi connectivity index (χ2n) is 7.25. The van der Waals surface area contributed by atoms with Gasteiger partial charge in [0.05, 0.1) is 18.1 Å². The minimum absolute atomic E-state index is 0.0187. The normalized spacial score (nSPS) is 14.3. The predicted octanol–water partition coefficient (Wildman–Crippen LogP) is 3.54. The first kappa shape index (κ1) is 20.2. The molecule has 0 fully saturated rings. The Morgan fingerprint density at radius 1 is 1.30 bits per heavy atom. The number of nitrogen functional groups attached to an aromatic ring is 1. The van der Waals surface area contributed by atoms with Crippen LogP contribution in [0.1, 0.15) is 29.8 Å². The van der Waals surface area contributed by atoms with E-state index in [9.17, 15) is 9.65 Å². The Kier molecular flexibility index (Phi) is 4.56. The predicted molar refractivity (Wildman–Crippen MR) is 116 cm³/mol. The van der Waals surface area contributed by atoms with E-state index < -0.39 is 11.9 Å². The van der Waals surface area contributed by atoms with Crippen LogP contribution in [0.4, 0.5) is 10.2 Å². The van der Waals surface area contributed by atoms with Crippen LogP contribution in [0.5, 0.6) is 17.6 Å². The molecule has 0 amide bonds. The van der Waals surface area contributed by atoms with Crippen LogP contribution in [0.3, 0.4) is 0 Å². The van der Waals surface area contributed by atoms with Gasteiger partial charge in [-0.25, -0.2) is 19.0 Å². The summed E-state index contributed by atoms with van der Waals surface area (Å²) < 4.78 is 29.7. The molecule has 4 aromatic rings. The monoisotopic (exact) mass is 444 g/mol. The maximum absolute atomic E-state index is 14.7. The summed E-state index contributed by atoms with van der Waals surface area (Å²) in [5, 5.41) is 18.4. The maximum Gasteiger partial charge on any atom is 0.258 e. The minimum atomic E-state index is -0.726. The first-order valence-corrected chi connectivity index (χ1v) is 9.86. The lowest BCUT2D eigenvalue weighted by Crippen LogP contribution is -2.15. The molecule has 1 aliphatic rings. The molecule has 0 spiro atoms. The van der Waals surface area contributed by atoms with Gasteiger partial charge in [-0.1, -0.05) is 12.7 Å². The van der Waals surface area contributed by atoms with E-state index in [-0.39, 0.29) is 40.4 Å². The second-order valence-corrected chi connectivity index (χ2v) is 7.25. The zero-order valence-electron chi connectivity index (χ0n) is 17.7. The summed E-state index contributed by atoms with van der Waals surface area (Å²) in [4.78, 5) is 8.65. The van der Waals surface area contributed by atoms with Crippen LogP contribution < -0.4 is 15.2 Å². The Labute approximate surface area is 187 Å². The lowest BCUT2D eigenvalue weighted by Gasteiger charge is -2.22. The number of nitrogens with two attached hydrogens (primary N) is 1. The Morgan fingerprint density at radius 3 is 2.88 bits per heavy atom. The number of nitrogens with zero attached hydrogens (tertiary/aromatic N) is 7. The highest BCUT2D eigenvalue weighted by Gasteiger charge is 2.28. The van der Waals surface area contributed by atoms with Crippen molar-refractivity contribution in [2.45, 2.75) is 13.0 Å². The molecule has 1 aromatic carbocycles. The zero-order valence-corrected chi connectivity index (χ0v) is 17.7. The van der Waals surface area contributed by atoms with Gasteiger partial charge in [0.15, 0.2) is 11.5 Å². The lowest BCUT2D eigenvalue weighted by molar-refractivity contribution is 0.217. The number of anilines is 1. The van der Waals surface area contributed by atoms with E-state index in [0.29, 0.717) is 16.8 Å². The smallest absolute Gasteiger partial charge is 0.258 e. The summed E-state index contributed by atoms with van der Waals surface area (Å²) in [6.45, 7) is 5.48. The fourth-order valence-electron chi connectivity index (χ4n) is 3.81. The average molecular weight is 444 g/mol. The maximum atomic E-state index is 14.7. The van der Waals surface area contributed by atoms with Crippen molar-refractivity contribution in [3.8, 4) is 40.7 Å². The van der Waals surface area contributed by atoms with Crippen molar-refractivity contribution < 1.29 is 13.9 Å². The number of aryl methyl sites for hydroxylation is 1. The van der Waals surface area contributed by atoms with Gasteiger partial charge in [-0.2, -0.15) is 10.4 Å². The Hall–Kier alpha value is -4.72. The van der Waals surface area contributed by atoms with Crippen molar-refractivity contribution in [2.75, 3.05) is 5.73 Å². The molecule has 4 heterocycles. The van der Waals surface area contributed by atoms with E-state index >= 15 is 0 Å². The molecule has 0 aliphatic carbocycles. The largest absolute Gasteiger partial charge is 0.467 e. The molecular formula is C22H17FN8O2. The van der Waals surface area contributed by atoms with E-state index in [1.807, 2.05) is 0 Å². The number of benzene rings is 1. The number of halogens is 1. The number of nitriles is 1. The van der Waals surface area contributed by atoms with Crippen LogP contribution in [-0.2, 0) is 7.05 Å². The van der Waals surface area contributed by atoms with Crippen molar-refractivity contribution >= 4 is 11.9 Å². The molecule has 1 atom stereocenters. The van der Waals surface area contributed by atoms with Crippen LogP contribution in [0.2, 0.25) is 0 Å². The number of hydrogen-bond acceptors (Lipinski definition) is 8. The quantitative estimate of drug-likeness (QED) is 0.472. The van der Waals surface area contributed by atoms with Gasteiger partial charge in [-0.15, -0.1) is 5.10 Å². The number of rotatable bonds is 1. The molecule has 0 radical (unpaired) electrons. The SMILES string of the molecule is C=Cc1c(F)ccc2c1[C@@H](C)Oc1nc(cnc1N)-c1c(nn(C)c1C#N)Oc1ccnn1-2. The Balaban J connectivity index is 1.86. The third kappa shape index (κ3) is 3.08. The Morgan fingerprint density at radius 2 is 2.12 bits per heavy atom. The van der Waals surface area contributed by atoms with Gasteiger partial charge in [0.2, 0.25) is 5.88 Å². The van der Waals surface area contributed by atoms with Crippen molar-refractivity contribution in [3.05, 3.63) is 59.8 Å². The summed E-state index contributed by atoms with van der Waals surface area (Å²) in [5.74, 6) is -0.0184. The third-order valence-corrected chi connectivity index (χ3v) is 5.29. The van der Waals surface area contributed by atoms with E-state index in [0.717, 1.165) is 0 Å². The van der Waals surface area contributed by atoms with Crippen LogP contribution in [0.25, 0.3) is 23.0 Å². The molecule has 2 N–H and O–H groups in total. The van der Waals surface area contributed by atoms with Crippen LogP contribution in [0.15, 0.2) is 37.2 Å². The number of fused-ring (bicyclic) bond motifs is 7. The molecule has 0 saturated carbocycles. The molecule has 164 valence electrons. The van der Waals surface area contributed by atoms with Crippen molar-refractivity contribution in [3.63, 3.8) is 0 Å². The molecule has 2 bridgehead atoms. The van der Waals surface area contributed by atoms with Gasteiger partial charge < -0.3 is 15.2 Å². The summed E-state index contributed by atoms with van der Waals surface area (Å²) in [7, 11) is 1.61. The lowest BCUT2D eigenvalue weighted by atomic mass is 10.00. The van der Waals surface area contributed by atoms with Gasteiger partial charge in [-0.05, 0) is 19.1 Å². The summed E-state index contributed by atoms with van der Waals surface area (Å²) in [5.41, 5.74) is 8.04. The molecule has 0 unspecified atom stereocenters. The summed E-state index contributed by atoms with van der Waals surface area (Å²) >= 11 is 0. The van der Waals surface area contributed by atoms with E-state index in [1.54, 1.807) is 26.1 Å². The van der Waals surface area contributed by atoms with Gasteiger partial charge in [0.25, 0.3) is 11.8 Å². The van der Waals surface area contributed by atoms with Crippen LogP contribution in [0, 0.1) is 17.1 Å². The molecule has 10 nitrogen and oxygen atoms in total. The highest BCUT2D eigenvalue weighted by Crippen LogP contribution is 2.39. The fraction of sp³-hybridized carbons (Fsp3) is 0.136. The number of ether oxygens (including phenoxy) is 2. The molecule has 0 saturated heterocycles. The van der Waals surface area contributed by atoms with Gasteiger partial charge >= 0.3 is 0 Å². The summed E-state index contributed by atoms with van der Waals surface area (Å²) in [6.07, 6.45) is 3.62. The van der Waals surface area contributed by atoms with E-state index in [4.69, 9.17) is 15.2 Å². The van der Waals surface area contributed by atoms with Gasteiger partial charge in [-0.3, -0.25) is 4.68 Å². The van der Waals surface area contributed by atoms with Crippen molar-refractivity contribution in [1.82, 2.24) is 29.5 Å². The first-order valence-electron chi connectivity index (χ1n) is 9.86. The van der Waals surface area contributed by atoms with E-state index in [1.165, 1.54) is 33.9 Å². The van der Waals surface area contributed by atoms with Gasteiger partial charge in [0, 0.05) is 24.2 Å². The van der Waals surface area contributed by atoms with Crippen molar-refractivity contribution in [1.29, 1.82) is 5.26 Å². The first-order chi connectivity index (χ1) is 15.9. The molecule has 33 heavy (non-hydrogen) atoms. The molecule has 5 rings (SSSR count). The minimum Gasteiger partial charge on any atom is -0.467 e. The molecule has 1 aliphatic heterocycles. The standard InChI is InChI=1S/C22H17FN8O2/c1-4-12-13(23)5-6-15-18(12)11(2)32-22-20(25)26-10-14(28-22)19-16(9-24)30(3)29-21(19)33-17-7-8-27-31(15)17/h4-8,10-11H,1H2,2-3H3,(H2,25,26)/t11-/m1/s1. The average Bonchev–Trinajstić information content (AvgIpc) is 3.38. The van der Waals surface area contributed by atoms with Crippen LogP contribution in [-0.4, -0.2) is 29.5 Å². The molecule has 11 heteroatoms. The Bertz CT molecular complexity index is 1470. The topological polar surface area (TPSA) is 130 Å². The molecule has 3 aromatic heterocycles. The zero-order chi connectivity index (χ0) is 23.3. The highest BCUT2D eigenvalue weighted by molar-refractivity contribution is 5.72. The second kappa shape index (κ2) is 7.45. The number of hydrogen-bond donors (Lipinski definition) is 1. The third-order valence-electron chi connectivity index (χ3n) is 5.29.